The summed E-state index contributed by atoms with van der Waals surface area (Å²) in [5, 5.41) is 18.2. The molecule has 0 aliphatic carbocycles. The molecule has 0 saturated carbocycles. The molecule has 1 aromatic rings. The van der Waals surface area contributed by atoms with Gasteiger partial charge in [-0.15, -0.1) is 0 Å². The van der Waals surface area contributed by atoms with E-state index in [1.807, 2.05) is 0 Å². The van der Waals surface area contributed by atoms with Crippen molar-refractivity contribution in [3.05, 3.63) is 40.3 Å². The van der Waals surface area contributed by atoms with Crippen LogP contribution >= 0.6 is 0 Å². The lowest BCUT2D eigenvalue weighted by Crippen LogP contribution is -2.32. The zero-order valence-corrected chi connectivity index (χ0v) is 12.5. The van der Waals surface area contributed by atoms with Crippen molar-refractivity contribution in [3.63, 3.8) is 0 Å². The SMILES string of the molecule is O=C1CC(S(=O)(=O)O)C(=O)N1O.[N-]=[N+]=Nc1ccc(C(=O)O)cc1. The van der Waals surface area contributed by atoms with Gasteiger partial charge in [-0.3, -0.25) is 19.3 Å². The Labute approximate surface area is 134 Å². The monoisotopic (exact) mass is 358 g/mol. The van der Waals surface area contributed by atoms with E-state index in [0.717, 1.165) is 0 Å². The molecule has 12 nitrogen and oxygen atoms in total. The van der Waals surface area contributed by atoms with Crippen molar-refractivity contribution < 1.29 is 37.7 Å². The Morgan fingerprint density at radius 2 is 1.83 bits per heavy atom. The second kappa shape index (κ2) is 7.52. The average molecular weight is 358 g/mol. The third kappa shape index (κ3) is 4.76. The summed E-state index contributed by atoms with van der Waals surface area (Å²) in [7, 11) is -4.59. The lowest BCUT2D eigenvalue weighted by Gasteiger charge is -2.02. The number of imide groups is 1. The van der Waals surface area contributed by atoms with Crippen molar-refractivity contribution in [2.45, 2.75) is 11.7 Å². The second-order valence-corrected chi connectivity index (χ2v) is 5.89. The fourth-order valence-corrected chi connectivity index (χ4v) is 2.25. The van der Waals surface area contributed by atoms with Gasteiger partial charge in [-0.25, -0.2) is 4.79 Å². The standard InChI is InChI=1S/C7H5N3O2.C4H5NO6S/c8-10-9-6-3-1-5(2-4-6)7(11)12;6-3-1-2(12(9,10)11)4(7)5(3)8/h1-4H,(H,11,12);2,8H,1H2,(H,9,10,11). The van der Waals surface area contributed by atoms with E-state index < -0.39 is 39.6 Å². The topological polar surface area (TPSA) is 198 Å². The first kappa shape index (κ1) is 19.1. The van der Waals surface area contributed by atoms with Gasteiger partial charge < -0.3 is 5.11 Å². The molecule has 3 N–H and O–H groups in total. The normalized spacial score (nSPS) is 16.9. The number of aromatic carboxylic acids is 1. The summed E-state index contributed by atoms with van der Waals surface area (Å²) in [4.78, 5) is 34.1. The Balaban J connectivity index is 0.000000240. The Kier molecular flexibility index (Phi) is 5.97. The van der Waals surface area contributed by atoms with Crippen molar-refractivity contribution in [3.8, 4) is 0 Å². The number of hydrogen-bond donors (Lipinski definition) is 3. The fourth-order valence-electron chi connectivity index (χ4n) is 1.55. The van der Waals surface area contributed by atoms with E-state index in [0.29, 0.717) is 5.69 Å². The van der Waals surface area contributed by atoms with Crippen molar-refractivity contribution >= 4 is 33.6 Å². The number of carbonyl (C=O) groups is 3. The minimum Gasteiger partial charge on any atom is -0.478 e. The number of hydroxylamine groups is 2. The highest BCUT2D eigenvalue weighted by molar-refractivity contribution is 7.87. The number of hydrogen-bond acceptors (Lipinski definition) is 7. The first-order chi connectivity index (χ1) is 11.1. The van der Waals surface area contributed by atoms with Gasteiger partial charge in [0.25, 0.3) is 21.9 Å². The average Bonchev–Trinajstić information content (AvgIpc) is 2.76. The Morgan fingerprint density at radius 3 is 2.12 bits per heavy atom. The Hall–Kier alpha value is -2.99. The summed E-state index contributed by atoms with van der Waals surface area (Å²) >= 11 is 0. The maximum absolute atomic E-state index is 10.7. The first-order valence-electron chi connectivity index (χ1n) is 5.98. The molecule has 128 valence electrons. The molecule has 24 heavy (non-hydrogen) atoms. The molecule has 13 heteroatoms. The molecule has 1 aliphatic rings. The number of carboxylic acid groups (broad SMARTS) is 1. The number of carboxylic acids is 1. The van der Waals surface area contributed by atoms with Gasteiger partial charge in [-0.1, -0.05) is 17.2 Å². The largest absolute Gasteiger partial charge is 0.478 e. The van der Waals surface area contributed by atoms with Gasteiger partial charge in [0.1, 0.15) is 0 Å². The number of azide groups is 1. The Bertz CT molecular complexity index is 792. The van der Waals surface area contributed by atoms with Crippen LogP contribution in [0.15, 0.2) is 29.4 Å². The van der Waals surface area contributed by atoms with Gasteiger partial charge >= 0.3 is 5.97 Å². The van der Waals surface area contributed by atoms with Crippen LogP contribution in [0.2, 0.25) is 0 Å². The minimum absolute atomic E-state index is 0.173. The zero-order valence-electron chi connectivity index (χ0n) is 11.7. The van der Waals surface area contributed by atoms with Crippen molar-refractivity contribution in [1.29, 1.82) is 0 Å². The molecule has 1 unspecified atom stereocenters. The third-order valence-corrected chi connectivity index (χ3v) is 3.80. The maximum atomic E-state index is 10.7. The zero-order chi connectivity index (χ0) is 18.5. The number of carbonyl (C=O) groups excluding carboxylic acids is 2. The Morgan fingerprint density at radius 1 is 1.29 bits per heavy atom. The summed E-state index contributed by atoms with van der Waals surface area (Å²) in [6.45, 7) is 0. The summed E-state index contributed by atoms with van der Waals surface area (Å²) in [6.07, 6.45) is -0.714. The van der Waals surface area contributed by atoms with E-state index in [1.165, 1.54) is 24.3 Å². The number of amides is 2. The highest BCUT2D eigenvalue weighted by atomic mass is 32.2. The van der Waals surface area contributed by atoms with Crippen LogP contribution < -0.4 is 0 Å². The van der Waals surface area contributed by atoms with Crippen LogP contribution in [0.1, 0.15) is 16.8 Å². The van der Waals surface area contributed by atoms with Crippen molar-refractivity contribution in [2.24, 2.45) is 5.11 Å². The van der Waals surface area contributed by atoms with E-state index in [-0.39, 0.29) is 10.6 Å². The molecule has 1 aliphatic heterocycles. The van der Waals surface area contributed by atoms with Crippen LogP contribution in [0.5, 0.6) is 0 Å². The van der Waals surface area contributed by atoms with Crippen LogP contribution in [0.25, 0.3) is 10.4 Å². The van der Waals surface area contributed by atoms with Crippen LogP contribution in [0, 0.1) is 0 Å². The molecule has 1 heterocycles. The van der Waals surface area contributed by atoms with Crippen LogP contribution in [0.3, 0.4) is 0 Å². The molecule has 2 amide bonds. The third-order valence-electron chi connectivity index (χ3n) is 2.71. The quantitative estimate of drug-likeness (QED) is 0.175. The lowest BCUT2D eigenvalue weighted by atomic mass is 10.2. The van der Waals surface area contributed by atoms with Gasteiger partial charge in [0.15, 0.2) is 5.25 Å². The highest BCUT2D eigenvalue weighted by Gasteiger charge is 2.45. The highest BCUT2D eigenvalue weighted by Crippen LogP contribution is 2.16. The van der Waals surface area contributed by atoms with Gasteiger partial charge in [-0.05, 0) is 17.7 Å². The molecule has 0 spiro atoms. The number of benzene rings is 1. The molecule has 1 saturated heterocycles. The minimum atomic E-state index is -4.59. The molecular formula is C11H10N4O8S. The fraction of sp³-hybridized carbons (Fsp3) is 0.182. The van der Waals surface area contributed by atoms with Crippen LogP contribution in [0.4, 0.5) is 5.69 Å². The van der Waals surface area contributed by atoms with Crippen LogP contribution in [-0.4, -0.2) is 51.4 Å². The van der Waals surface area contributed by atoms with E-state index in [1.54, 1.807) is 0 Å². The van der Waals surface area contributed by atoms with Gasteiger partial charge in [-0.2, -0.15) is 13.5 Å². The number of nitrogens with zero attached hydrogens (tertiary/aromatic N) is 4. The predicted molar refractivity (Wildman–Crippen MR) is 75.8 cm³/mol. The van der Waals surface area contributed by atoms with Gasteiger partial charge in [0.2, 0.25) is 0 Å². The van der Waals surface area contributed by atoms with Crippen LogP contribution in [-0.2, 0) is 19.7 Å². The van der Waals surface area contributed by atoms with E-state index in [2.05, 4.69) is 10.0 Å². The molecule has 1 atom stereocenters. The molecule has 0 bridgehead atoms. The molecule has 1 aromatic carbocycles. The van der Waals surface area contributed by atoms with E-state index in [9.17, 15) is 22.8 Å². The maximum Gasteiger partial charge on any atom is 0.335 e. The molecule has 1 fully saturated rings. The summed E-state index contributed by atoms with van der Waals surface area (Å²) in [6, 6.07) is 5.66. The smallest absolute Gasteiger partial charge is 0.335 e. The summed E-state index contributed by atoms with van der Waals surface area (Å²) < 4.78 is 29.1. The number of rotatable bonds is 3. The molecule has 0 radical (unpaired) electrons. The molecular weight excluding hydrogens is 348 g/mol. The summed E-state index contributed by atoms with van der Waals surface area (Å²) in [5.41, 5.74) is 8.62. The predicted octanol–water partition coefficient (Wildman–Crippen LogP) is 0.717. The van der Waals surface area contributed by atoms with Crippen molar-refractivity contribution in [1.82, 2.24) is 5.06 Å². The van der Waals surface area contributed by atoms with Crippen molar-refractivity contribution in [2.75, 3.05) is 0 Å². The lowest BCUT2D eigenvalue weighted by molar-refractivity contribution is -0.171. The van der Waals surface area contributed by atoms with Gasteiger partial charge in [0, 0.05) is 10.6 Å². The first-order valence-corrected chi connectivity index (χ1v) is 7.48. The molecule has 0 aromatic heterocycles. The van der Waals surface area contributed by atoms with Gasteiger partial charge in [0.05, 0.1) is 12.0 Å². The van der Waals surface area contributed by atoms with E-state index >= 15 is 0 Å². The van der Waals surface area contributed by atoms with E-state index in [4.69, 9.17) is 20.4 Å². The molecule has 2 rings (SSSR count). The second-order valence-electron chi connectivity index (χ2n) is 4.29. The summed E-state index contributed by atoms with van der Waals surface area (Å²) in [5.74, 6) is -3.35.